The van der Waals surface area contributed by atoms with Crippen molar-refractivity contribution in [2.24, 2.45) is 0 Å². The Morgan fingerprint density at radius 3 is 2.47 bits per heavy atom. The Kier molecular flexibility index (Phi) is 9.58. The van der Waals surface area contributed by atoms with E-state index in [1.807, 2.05) is 26.0 Å². The lowest BCUT2D eigenvalue weighted by Crippen LogP contribution is -2.54. The smallest absolute Gasteiger partial charge is 0.322 e. The molecule has 12 heteroatoms. The number of hydrogen-bond acceptors (Lipinski definition) is 10. The van der Waals surface area contributed by atoms with Crippen LogP contribution >= 0.6 is 0 Å². The van der Waals surface area contributed by atoms with Gasteiger partial charge in [0.1, 0.15) is 5.82 Å². The zero-order chi connectivity index (χ0) is 32.9. The number of hydrogen-bond donors (Lipinski definition) is 1. The number of carbonyl (C=O) groups is 1. The third-order valence-electron chi connectivity index (χ3n) is 8.68. The highest BCUT2D eigenvalue weighted by Gasteiger charge is 2.29. The number of nitrogens with zero attached hydrogens (tertiary/aromatic N) is 8. The van der Waals surface area contributed by atoms with Crippen LogP contribution in [-0.4, -0.2) is 94.0 Å². The molecule has 6 rings (SSSR count). The van der Waals surface area contributed by atoms with Crippen molar-refractivity contribution in [1.29, 1.82) is 0 Å². The minimum absolute atomic E-state index is 0.0148. The molecule has 2 saturated heterocycles. The second kappa shape index (κ2) is 14.1. The van der Waals surface area contributed by atoms with Gasteiger partial charge in [0.15, 0.2) is 11.6 Å². The van der Waals surface area contributed by atoms with Crippen LogP contribution in [0.25, 0.3) is 11.1 Å². The standard InChI is InChI=1S/C35H40FN9O2/c1-5-32(46)45-20-19-44(23-25(45)4)33-29(26-7-12-31(30(36)21-26)47-35-37-14-13-24(3)39-35)22-38-34(41-33)40-27-8-10-28(11-9-27)43-17-15-42(6-2)16-18-43/h5,7-14,21-22,25H,1,6,15-20,23H2,2-4H3,(H,38,40,41)/t25-/m1/s1. The lowest BCUT2D eigenvalue weighted by molar-refractivity contribution is -0.128. The van der Waals surface area contributed by atoms with E-state index in [1.54, 1.807) is 35.5 Å². The second-order valence-electron chi connectivity index (χ2n) is 11.8. The SMILES string of the molecule is C=CC(=O)N1CCN(c2nc(Nc3ccc(N4CCN(CC)CC4)cc3)ncc2-c2ccc(Oc3nccc(C)n3)c(F)c2)C[C@H]1C. The van der Waals surface area contributed by atoms with E-state index in [2.05, 4.69) is 60.6 Å². The molecule has 11 nitrogen and oxygen atoms in total. The number of anilines is 4. The second-order valence-corrected chi connectivity index (χ2v) is 11.8. The molecule has 0 unspecified atom stereocenters. The Morgan fingerprint density at radius 2 is 1.79 bits per heavy atom. The monoisotopic (exact) mass is 637 g/mol. The lowest BCUT2D eigenvalue weighted by atomic mass is 10.1. The summed E-state index contributed by atoms with van der Waals surface area (Å²) in [5.74, 6) is 0.406. The first-order chi connectivity index (χ1) is 22.8. The molecule has 2 aliphatic heterocycles. The van der Waals surface area contributed by atoms with Gasteiger partial charge in [-0.2, -0.15) is 4.98 Å². The maximum absolute atomic E-state index is 15.4. The zero-order valence-corrected chi connectivity index (χ0v) is 27.1. The van der Waals surface area contributed by atoms with E-state index < -0.39 is 5.82 Å². The first-order valence-corrected chi connectivity index (χ1v) is 16.0. The first-order valence-electron chi connectivity index (χ1n) is 16.0. The van der Waals surface area contributed by atoms with E-state index in [1.165, 1.54) is 17.8 Å². The molecule has 2 aliphatic rings. The summed E-state index contributed by atoms with van der Waals surface area (Å²) in [4.78, 5) is 39.0. The van der Waals surface area contributed by atoms with Crippen LogP contribution in [0.2, 0.25) is 0 Å². The van der Waals surface area contributed by atoms with Crippen molar-refractivity contribution in [1.82, 2.24) is 29.7 Å². The van der Waals surface area contributed by atoms with E-state index >= 15 is 4.39 Å². The molecule has 1 atom stereocenters. The molecule has 4 heterocycles. The van der Waals surface area contributed by atoms with E-state index in [9.17, 15) is 4.79 Å². The average molecular weight is 638 g/mol. The molecule has 0 bridgehead atoms. The number of rotatable bonds is 9. The quantitative estimate of drug-likeness (QED) is 0.244. The normalized spacial score (nSPS) is 17.0. The molecule has 1 N–H and O–H groups in total. The van der Waals surface area contributed by atoms with Crippen molar-refractivity contribution in [3.8, 4) is 22.9 Å². The van der Waals surface area contributed by atoms with Gasteiger partial charge < -0.3 is 29.7 Å². The Labute approximate surface area is 274 Å². The summed E-state index contributed by atoms with van der Waals surface area (Å²) in [6.07, 6.45) is 4.61. The van der Waals surface area contributed by atoms with Crippen LogP contribution in [0.1, 0.15) is 19.5 Å². The molecule has 244 valence electrons. The molecular formula is C35H40FN9O2. The number of carbonyl (C=O) groups excluding carboxylic acids is 1. The molecule has 4 aromatic rings. The highest BCUT2D eigenvalue weighted by Crippen LogP contribution is 2.35. The van der Waals surface area contributed by atoms with Gasteiger partial charge >= 0.3 is 6.01 Å². The van der Waals surface area contributed by atoms with Crippen LogP contribution in [0.4, 0.5) is 27.5 Å². The van der Waals surface area contributed by atoms with Gasteiger partial charge in [-0.05, 0) is 74.5 Å². The number of aromatic nitrogens is 4. The van der Waals surface area contributed by atoms with E-state index in [-0.39, 0.29) is 23.7 Å². The predicted molar refractivity (Wildman–Crippen MR) is 182 cm³/mol. The maximum atomic E-state index is 15.4. The summed E-state index contributed by atoms with van der Waals surface area (Å²) in [6, 6.07) is 14.8. The number of ether oxygens (including phenoxy) is 1. The van der Waals surface area contributed by atoms with Crippen LogP contribution in [0.5, 0.6) is 11.8 Å². The fourth-order valence-electron chi connectivity index (χ4n) is 6.00. The Balaban J connectivity index is 1.26. The fourth-order valence-corrected chi connectivity index (χ4v) is 6.00. The molecule has 2 fully saturated rings. The van der Waals surface area contributed by atoms with Crippen molar-refractivity contribution in [3.63, 3.8) is 0 Å². The van der Waals surface area contributed by atoms with Crippen molar-refractivity contribution in [2.45, 2.75) is 26.8 Å². The van der Waals surface area contributed by atoms with Crippen molar-refractivity contribution in [3.05, 3.63) is 85.1 Å². The number of amides is 1. The largest absolute Gasteiger partial charge is 0.421 e. The van der Waals surface area contributed by atoms with Crippen LogP contribution < -0.4 is 19.9 Å². The predicted octanol–water partition coefficient (Wildman–Crippen LogP) is 5.28. The van der Waals surface area contributed by atoms with Gasteiger partial charge in [-0.1, -0.05) is 19.6 Å². The summed E-state index contributed by atoms with van der Waals surface area (Å²) in [6.45, 7) is 16.5. The van der Waals surface area contributed by atoms with Gasteiger partial charge in [0, 0.05) is 86.9 Å². The number of benzene rings is 2. The van der Waals surface area contributed by atoms with E-state index in [0.29, 0.717) is 48.2 Å². The summed E-state index contributed by atoms with van der Waals surface area (Å²) in [5, 5.41) is 3.35. The van der Waals surface area contributed by atoms with Crippen molar-refractivity contribution < 1.29 is 13.9 Å². The molecular weight excluding hydrogens is 597 g/mol. The van der Waals surface area contributed by atoms with Gasteiger partial charge in [0.2, 0.25) is 11.9 Å². The summed E-state index contributed by atoms with van der Waals surface area (Å²) < 4.78 is 21.0. The van der Waals surface area contributed by atoms with E-state index in [4.69, 9.17) is 9.72 Å². The van der Waals surface area contributed by atoms with Crippen LogP contribution in [0.15, 0.2) is 73.6 Å². The zero-order valence-electron chi connectivity index (χ0n) is 27.1. The maximum Gasteiger partial charge on any atom is 0.322 e. The molecule has 47 heavy (non-hydrogen) atoms. The van der Waals surface area contributed by atoms with E-state index in [0.717, 1.165) is 38.4 Å². The minimum Gasteiger partial charge on any atom is -0.421 e. The highest BCUT2D eigenvalue weighted by molar-refractivity contribution is 5.87. The topological polar surface area (TPSA) is 103 Å². The number of likely N-dealkylation sites (N-methyl/N-ethyl adjacent to an activating group) is 1. The lowest BCUT2D eigenvalue weighted by Gasteiger charge is -2.40. The molecule has 0 aliphatic carbocycles. The average Bonchev–Trinajstić information content (AvgIpc) is 3.09. The third kappa shape index (κ3) is 7.33. The molecule has 1 amide bonds. The Bertz CT molecular complexity index is 1730. The van der Waals surface area contributed by atoms with Gasteiger partial charge in [-0.15, -0.1) is 0 Å². The Morgan fingerprint density at radius 1 is 1.02 bits per heavy atom. The molecule has 0 saturated carbocycles. The number of nitrogens with one attached hydrogen (secondary N) is 1. The van der Waals surface area contributed by atoms with Crippen LogP contribution in [0, 0.1) is 12.7 Å². The summed E-state index contributed by atoms with van der Waals surface area (Å²) >= 11 is 0. The highest BCUT2D eigenvalue weighted by atomic mass is 19.1. The van der Waals surface area contributed by atoms with Crippen LogP contribution in [-0.2, 0) is 4.79 Å². The fraction of sp³-hybridized carbons (Fsp3) is 0.343. The summed E-state index contributed by atoms with van der Waals surface area (Å²) in [5.41, 5.74) is 4.01. The van der Waals surface area contributed by atoms with Gasteiger partial charge in [-0.25, -0.2) is 19.3 Å². The molecule has 0 radical (unpaired) electrons. The van der Waals surface area contributed by atoms with Crippen molar-refractivity contribution >= 4 is 29.0 Å². The summed E-state index contributed by atoms with van der Waals surface area (Å²) in [7, 11) is 0. The van der Waals surface area contributed by atoms with Gasteiger partial charge in [0.05, 0.1) is 0 Å². The number of piperazine rings is 2. The van der Waals surface area contributed by atoms with Gasteiger partial charge in [0.25, 0.3) is 0 Å². The molecule has 0 spiro atoms. The number of halogens is 1. The number of aryl methyl sites for hydroxylation is 1. The molecule has 2 aromatic heterocycles. The van der Waals surface area contributed by atoms with Crippen LogP contribution in [0.3, 0.4) is 0 Å². The van der Waals surface area contributed by atoms with Gasteiger partial charge in [-0.3, -0.25) is 4.79 Å². The van der Waals surface area contributed by atoms with Crippen molar-refractivity contribution in [2.75, 3.05) is 67.5 Å². The third-order valence-corrected chi connectivity index (χ3v) is 8.68. The Hall–Kier alpha value is -5.10. The minimum atomic E-state index is -0.563. The first kappa shape index (κ1) is 31.9. The molecule has 2 aromatic carbocycles.